The molecule has 0 fully saturated rings. The Hall–Kier alpha value is -1.66. The van der Waals surface area contributed by atoms with Gasteiger partial charge in [-0.2, -0.15) is 0 Å². The molecule has 2 aromatic rings. The maximum Gasteiger partial charge on any atom is 0.255 e. The summed E-state index contributed by atoms with van der Waals surface area (Å²) < 4.78 is 41.4. The molecule has 1 aromatic carbocycles. The standard InChI is InChI=1S/C12H9ClFNO3S/c1-19(16,17)10-4-2-3-9(6-10)18-12-11(14)5-8(13)7-15-12/h2-7H,1H3. The average molecular weight is 302 g/mol. The SMILES string of the molecule is CS(=O)(=O)c1cccc(Oc2ncc(Cl)cc2F)c1. The average Bonchev–Trinajstić information content (AvgIpc) is 2.32. The molecule has 2 rings (SSSR count). The van der Waals surface area contributed by atoms with E-state index in [9.17, 15) is 12.8 Å². The number of pyridine rings is 1. The van der Waals surface area contributed by atoms with Crippen molar-refractivity contribution < 1.29 is 17.5 Å². The predicted molar refractivity (Wildman–Crippen MR) is 68.8 cm³/mol. The van der Waals surface area contributed by atoms with Crippen molar-refractivity contribution in [3.05, 3.63) is 47.4 Å². The summed E-state index contributed by atoms with van der Waals surface area (Å²) in [6.45, 7) is 0. The number of hydrogen-bond donors (Lipinski definition) is 0. The van der Waals surface area contributed by atoms with Gasteiger partial charge < -0.3 is 4.74 Å². The summed E-state index contributed by atoms with van der Waals surface area (Å²) in [4.78, 5) is 3.77. The summed E-state index contributed by atoms with van der Waals surface area (Å²) in [5, 5.41) is 0.148. The van der Waals surface area contributed by atoms with Crippen LogP contribution in [0.2, 0.25) is 5.02 Å². The molecule has 0 saturated heterocycles. The highest BCUT2D eigenvalue weighted by Gasteiger charge is 2.11. The molecule has 0 unspecified atom stereocenters. The molecule has 1 aromatic heterocycles. The van der Waals surface area contributed by atoms with Gasteiger partial charge in [0.25, 0.3) is 5.88 Å². The van der Waals surface area contributed by atoms with Crippen LogP contribution in [0.5, 0.6) is 11.6 Å². The molecule has 0 N–H and O–H groups in total. The van der Waals surface area contributed by atoms with Crippen LogP contribution in [0.15, 0.2) is 41.4 Å². The highest BCUT2D eigenvalue weighted by Crippen LogP contribution is 2.25. The zero-order chi connectivity index (χ0) is 14.0. The van der Waals surface area contributed by atoms with E-state index in [1.165, 1.54) is 30.5 Å². The van der Waals surface area contributed by atoms with Crippen LogP contribution in [0, 0.1) is 5.82 Å². The normalized spacial score (nSPS) is 11.3. The van der Waals surface area contributed by atoms with Crippen molar-refractivity contribution in [1.82, 2.24) is 4.98 Å². The molecule has 19 heavy (non-hydrogen) atoms. The van der Waals surface area contributed by atoms with Gasteiger partial charge >= 0.3 is 0 Å². The molecule has 7 heteroatoms. The first-order chi connectivity index (χ1) is 8.86. The molecule has 0 spiro atoms. The van der Waals surface area contributed by atoms with Crippen LogP contribution in [0.3, 0.4) is 0 Å². The number of hydrogen-bond acceptors (Lipinski definition) is 4. The van der Waals surface area contributed by atoms with Crippen molar-refractivity contribution in [2.24, 2.45) is 0 Å². The van der Waals surface area contributed by atoms with Gasteiger partial charge in [0.15, 0.2) is 15.7 Å². The van der Waals surface area contributed by atoms with Crippen LogP contribution in [0.25, 0.3) is 0 Å². The smallest absolute Gasteiger partial charge is 0.255 e. The Bertz CT molecular complexity index is 719. The lowest BCUT2D eigenvalue weighted by molar-refractivity contribution is 0.421. The lowest BCUT2D eigenvalue weighted by atomic mass is 10.3. The number of halogens is 2. The van der Waals surface area contributed by atoms with E-state index in [1.54, 1.807) is 0 Å². The van der Waals surface area contributed by atoms with E-state index >= 15 is 0 Å². The van der Waals surface area contributed by atoms with E-state index in [4.69, 9.17) is 16.3 Å². The molecule has 4 nitrogen and oxygen atoms in total. The fourth-order valence-electron chi connectivity index (χ4n) is 1.36. The van der Waals surface area contributed by atoms with Crippen molar-refractivity contribution in [1.29, 1.82) is 0 Å². The van der Waals surface area contributed by atoms with Gasteiger partial charge in [-0.15, -0.1) is 0 Å². The number of benzene rings is 1. The fourth-order valence-corrected chi connectivity index (χ4v) is 2.16. The third-order valence-corrected chi connectivity index (χ3v) is 3.54. The molecule has 0 atom stereocenters. The quantitative estimate of drug-likeness (QED) is 0.874. The van der Waals surface area contributed by atoms with Gasteiger partial charge in [-0.25, -0.2) is 17.8 Å². The van der Waals surface area contributed by atoms with Gasteiger partial charge in [0.1, 0.15) is 5.75 Å². The number of aromatic nitrogens is 1. The zero-order valence-corrected chi connectivity index (χ0v) is 11.4. The van der Waals surface area contributed by atoms with Crippen LogP contribution < -0.4 is 4.74 Å². The Morgan fingerprint density at radius 1 is 1.32 bits per heavy atom. The van der Waals surface area contributed by atoms with Gasteiger partial charge in [-0.1, -0.05) is 17.7 Å². The molecule has 0 radical (unpaired) electrons. The predicted octanol–water partition coefficient (Wildman–Crippen LogP) is 3.07. The Labute approximate surface area is 114 Å². The largest absolute Gasteiger partial charge is 0.436 e. The Morgan fingerprint density at radius 2 is 2.05 bits per heavy atom. The second-order valence-electron chi connectivity index (χ2n) is 3.79. The maximum atomic E-state index is 13.5. The lowest BCUT2D eigenvalue weighted by Crippen LogP contribution is -1.98. The highest BCUT2D eigenvalue weighted by atomic mass is 35.5. The summed E-state index contributed by atoms with van der Waals surface area (Å²) in [5.74, 6) is -0.816. The van der Waals surface area contributed by atoms with E-state index in [-0.39, 0.29) is 21.5 Å². The van der Waals surface area contributed by atoms with Crippen molar-refractivity contribution in [3.63, 3.8) is 0 Å². The van der Waals surface area contributed by atoms with Crippen molar-refractivity contribution in [2.45, 2.75) is 4.90 Å². The Kier molecular flexibility index (Phi) is 3.73. The van der Waals surface area contributed by atoms with Crippen molar-refractivity contribution in [2.75, 3.05) is 6.26 Å². The highest BCUT2D eigenvalue weighted by molar-refractivity contribution is 7.90. The second kappa shape index (κ2) is 5.14. The number of sulfone groups is 1. The maximum absolute atomic E-state index is 13.5. The first kappa shape index (κ1) is 13.8. The van der Waals surface area contributed by atoms with Crippen molar-refractivity contribution >= 4 is 21.4 Å². The minimum Gasteiger partial charge on any atom is -0.436 e. The molecule has 0 aliphatic heterocycles. The molecule has 0 aliphatic rings. The molecule has 0 aliphatic carbocycles. The van der Waals surface area contributed by atoms with Gasteiger partial charge in [0.2, 0.25) is 0 Å². The van der Waals surface area contributed by atoms with Gasteiger partial charge in [-0.3, -0.25) is 0 Å². The topological polar surface area (TPSA) is 56.3 Å². The van der Waals surface area contributed by atoms with Crippen LogP contribution in [0.1, 0.15) is 0 Å². The number of nitrogens with zero attached hydrogens (tertiary/aromatic N) is 1. The Balaban J connectivity index is 2.34. The van der Waals surface area contributed by atoms with Crippen LogP contribution >= 0.6 is 11.6 Å². The summed E-state index contributed by atoms with van der Waals surface area (Å²) >= 11 is 5.57. The fraction of sp³-hybridized carbons (Fsp3) is 0.0833. The van der Waals surface area contributed by atoms with Gasteiger partial charge in [-0.05, 0) is 24.3 Å². The first-order valence-corrected chi connectivity index (χ1v) is 7.42. The minimum atomic E-state index is -3.35. The number of rotatable bonds is 3. The van der Waals surface area contributed by atoms with Crippen LogP contribution in [-0.2, 0) is 9.84 Å². The molecule has 0 amide bonds. The summed E-state index contributed by atoms with van der Waals surface area (Å²) in [6.07, 6.45) is 2.31. The van der Waals surface area contributed by atoms with Gasteiger partial charge in [0, 0.05) is 12.5 Å². The summed E-state index contributed by atoms with van der Waals surface area (Å²) in [5.41, 5.74) is 0. The lowest BCUT2D eigenvalue weighted by Gasteiger charge is -2.07. The van der Waals surface area contributed by atoms with E-state index in [2.05, 4.69) is 4.98 Å². The van der Waals surface area contributed by atoms with E-state index in [0.29, 0.717) is 0 Å². The third kappa shape index (κ3) is 3.42. The molecule has 1 heterocycles. The number of ether oxygens (including phenoxy) is 1. The zero-order valence-electron chi connectivity index (χ0n) is 9.80. The second-order valence-corrected chi connectivity index (χ2v) is 6.24. The minimum absolute atomic E-state index is 0.0828. The first-order valence-electron chi connectivity index (χ1n) is 5.15. The van der Waals surface area contributed by atoms with Gasteiger partial charge in [0.05, 0.1) is 9.92 Å². The Morgan fingerprint density at radius 3 is 2.68 bits per heavy atom. The molecule has 0 saturated carbocycles. The van der Waals surface area contributed by atoms with Crippen LogP contribution in [-0.4, -0.2) is 19.7 Å². The third-order valence-electron chi connectivity index (χ3n) is 2.22. The van der Waals surface area contributed by atoms with E-state index < -0.39 is 15.7 Å². The molecular weight excluding hydrogens is 293 g/mol. The summed E-state index contributed by atoms with van der Waals surface area (Å²) in [7, 11) is -3.35. The van der Waals surface area contributed by atoms with Crippen molar-refractivity contribution in [3.8, 4) is 11.6 Å². The molecular formula is C12H9ClFNO3S. The summed E-state index contributed by atoms with van der Waals surface area (Å²) in [6, 6.07) is 6.78. The van der Waals surface area contributed by atoms with E-state index in [1.807, 2.05) is 0 Å². The van der Waals surface area contributed by atoms with E-state index in [0.717, 1.165) is 12.3 Å². The monoisotopic (exact) mass is 301 g/mol. The van der Waals surface area contributed by atoms with Crippen LogP contribution in [0.4, 0.5) is 4.39 Å². The molecule has 0 bridgehead atoms. The molecule has 100 valence electrons.